The van der Waals surface area contributed by atoms with Crippen LogP contribution in [0.4, 0.5) is 11.9 Å². The molecule has 1 aromatic carbocycles. The van der Waals surface area contributed by atoms with Gasteiger partial charge in [-0.3, -0.25) is 0 Å². The fourth-order valence-corrected chi connectivity index (χ4v) is 3.81. The molecule has 156 valence electrons. The highest BCUT2D eigenvalue weighted by molar-refractivity contribution is 5.74. The molecule has 0 aliphatic carbocycles. The Hall–Kier alpha value is -3.20. The standard InChI is InChI=1S/C21H27N9/c1-14(2)15-12-23-30-19(15)26-21(29-10-8-28(3)9-11-29)27-20(30)22-13-18-24-16-6-4-5-7-17(16)25-18/h4-7,12,14H,8-11,13H2,1-3H3,(H,24,25)(H,22,26,27). The van der Waals surface area contributed by atoms with Crippen LogP contribution in [0.25, 0.3) is 16.7 Å². The molecule has 0 spiro atoms. The van der Waals surface area contributed by atoms with Crippen LogP contribution in [0, 0.1) is 0 Å². The minimum absolute atomic E-state index is 0.334. The largest absolute Gasteiger partial charge is 0.347 e. The third kappa shape index (κ3) is 3.45. The molecular weight excluding hydrogens is 378 g/mol. The van der Waals surface area contributed by atoms with E-state index in [4.69, 9.17) is 9.97 Å². The SMILES string of the molecule is CC(C)c1cnn2c(NCc3nc4ccccc4[nH]3)nc(N3CCN(C)CC3)nc12. The highest BCUT2D eigenvalue weighted by atomic mass is 15.4. The Morgan fingerprint density at radius 2 is 1.87 bits per heavy atom. The molecule has 1 aliphatic heterocycles. The Balaban J connectivity index is 1.49. The van der Waals surface area contributed by atoms with Crippen molar-refractivity contribution < 1.29 is 0 Å². The summed E-state index contributed by atoms with van der Waals surface area (Å²) < 4.78 is 1.80. The predicted octanol–water partition coefficient (Wildman–Crippen LogP) is 2.49. The van der Waals surface area contributed by atoms with Gasteiger partial charge in [0.1, 0.15) is 5.82 Å². The molecule has 0 atom stereocenters. The molecule has 4 heterocycles. The summed E-state index contributed by atoms with van der Waals surface area (Å²) in [6.07, 6.45) is 1.90. The number of nitrogens with one attached hydrogen (secondary N) is 2. The monoisotopic (exact) mass is 405 g/mol. The van der Waals surface area contributed by atoms with Gasteiger partial charge in [0.25, 0.3) is 0 Å². The molecule has 9 nitrogen and oxygen atoms in total. The molecule has 5 rings (SSSR count). The number of piperazine rings is 1. The third-order valence-corrected chi connectivity index (χ3v) is 5.64. The van der Waals surface area contributed by atoms with E-state index in [1.54, 1.807) is 4.52 Å². The van der Waals surface area contributed by atoms with E-state index >= 15 is 0 Å². The van der Waals surface area contributed by atoms with Gasteiger partial charge in [-0.15, -0.1) is 0 Å². The number of nitrogens with zero attached hydrogens (tertiary/aromatic N) is 7. The number of rotatable bonds is 5. The number of H-pyrrole nitrogens is 1. The van der Waals surface area contributed by atoms with Crippen LogP contribution in [0.15, 0.2) is 30.5 Å². The average Bonchev–Trinajstić information content (AvgIpc) is 3.36. The van der Waals surface area contributed by atoms with Crippen molar-refractivity contribution in [3.8, 4) is 0 Å². The van der Waals surface area contributed by atoms with Crippen LogP contribution in [-0.2, 0) is 6.54 Å². The van der Waals surface area contributed by atoms with Gasteiger partial charge in [0, 0.05) is 31.7 Å². The van der Waals surface area contributed by atoms with Crippen molar-refractivity contribution in [3.63, 3.8) is 0 Å². The molecule has 0 bridgehead atoms. The molecule has 3 aromatic heterocycles. The van der Waals surface area contributed by atoms with Crippen LogP contribution in [0.1, 0.15) is 31.2 Å². The maximum atomic E-state index is 4.89. The lowest BCUT2D eigenvalue weighted by atomic mass is 10.1. The number of para-hydroxylation sites is 2. The number of anilines is 2. The summed E-state index contributed by atoms with van der Waals surface area (Å²) in [7, 11) is 2.15. The third-order valence-electron chi connectivity index (χ3n) is 5.64. The Morgan fingerprint density at radius 3 is 2.63 bits per heavy atom. The van der Waals surface area contributed by atoms with Crippen molar-refractivity contribution in [2.24, 2.45) is 0 Å². The van der Waals surface area contributed by atoms with E-state index in [1.165, 1.54) is 0 Å². The second-order valence-electron chi connectivity index (χ2n) is 8.18. The van der Waals surface area contributed by atoms with Crippen molar-refractivity contribution in [3.05, 3.63) is 41.9 Å². The Bertz CT molecular complexity index is 1130. The molecule has 0 radical (unpaired) electrons. The smallest absolute Gasteiger partial charge is 0.230 e. The number of likely N-dealkylation sites (N-methyl/N-ethyl adjacent to an activating group) is 1. The van der Waals surface area contributed by atoms with Gasteiger partial charge in [0.05, 0.1) is 23.8 Å². The lowest BCUT2D eigenvalue weighted by molar-refractivity contribution is 0.311. The zero-order chi connectivity index (χ0) is 20.7. The van der Waals surface area contributed by atoms with E-state index < -0.39 is 0 Å². The van der Waals surface area contributed by atoms with Gasteiger partial charge in [-0.2, -0.15) is 19.6 Å². The first-order chi connectivity index (χ1) is 14.6. The molecule has 1 saturated heterocycles. The number of benzene rings is 1. The lowest BCUT2D eigenvalue weighted by Crippen LogP contribution is -2.45. The van der Waals surface area contributed by atoms with Gasteiger partial charge in [0.15, 0.2) is 5.65 Å². The van der Waals surface area contributed by atoms with E-state index in [1.807, 2.05) is 30.5 Å². The minimum atomic E-state index is 0.334. The fourth-order valence-electron chi connectivity index (χ4n) is 3.81. The van der Waals surface area contributed by atoms with E-state index in [-0.39, 0.29) is 0 Å². The second kappa shape index (κ2) is 7.56. The maximum absolute atomic E-state index is 4.89. The number of fused-ring (bicyclic) bond motifs is 2. The zero-order valence-corrected chi connectivity index (χ0v) is 17.6. The first kappa shape index (κ1) is 18.8. The molecule has 9 heteroatoms. The molecule has 0 unspecified atom stereocenters. The summed E-state index contributed by atoms with van der Waals surface area (Å²) in [4.78, 5) is 22.3. The minimum Gasteiger partial charge on any atom is -0.347 e. The quantitative estimate of drug-likeness (QED) is 0.527. The van der Waals surface area contributed by atoms with Crippen molar-refractivity contribution in [1.82, 2.24) is 34.4 Å². The van der Waals surface area contributed by atoms with E-state index in [0.717, 1.165) is 60.2 Å². The summed E-state index contributed by atoms with van der Waals surface area (Å²) in [5, 5.41) is 7.99. The first-order valence-corrected chi connectivity index (χ1v) is 10.4. The molecule has 4 aromatic rings. The van der Waals surface area contributed by atoms with Gasteiger partial charge in [-0.1, -0.05) is 26.0 Å². The number of aromatic nitrogens is 6. The fraction of sp³-hybridized carbons (Fsp3) is 0.429. The Kier molecular flexibility index (Phi) is 4.74. The highest BCUT2D eigenvalue weighted by Gasteiger charge is 2.21. The molecule has 2 N–H and O–H groups in total. The van der Waals surface area contributed by atoms with Crippen LogP contribution < -0.4 is 10.2 Å². The van der Waals surface area contributed by atoms with E-state index in [2.05, 4.69) is 51.1 Å². The van der Waals surface area contributed by atoms with E-state index in [0.29, 0.717) is 18.4 Å². The summed E-state index contributed by atoms with van der Waals surface area (Å²) in [5.74, 6) is 2.63. The van der Waals surface area contributed by atoms with Crippen LogP contribution in [0.3, 0.4) is 0 Å². The summed E-state index contributed by atoms with van der Waals surface area (Å²) in [5.41, 5.74) is 3.98. The van der Waals surface area contributed by atoms with Gasteiger partial charge in [0.2, 0.25) is 11.9 Å². The van der Waals surface area contributed by atoms with Crippen molar-refractivity contribution in [2.75, 3.05) is 43.4 Å². The van der Waals surface area contributed by atoms with Crippen LogP contribution in [0.5, 0.6) is 0 Å². The van der Waals surface area contributed by atoms with Crippen molar-refractivity contribution in [1.29, 1.82) is 0 Å². The van der Waals surface area contributed by atoms with Gasteiger partial charge in [-0.05, 0) is 25.1 Å². The molecule has 0 saturated carbocycles. The molecule has 0 amide bonds. The number of hydrogen-bond acceptors (Lipinski definition) is 7. The highest BCUT2D eigenvalue weighted by Crippen LogP contribution is 2.24. The van der Waals surface area contributed by atoms with Crippen LogP contribution >= 0.6 is 0 Å². The lowest BCUT2D eigenvalue weighted by Gasteiger charge is -2.32. The molecule has 30 heavy (non-hydrogen) atoms. The van der Waals surface area contributed by atoms with Gasteiger partial charge < -0.3 is 20.1 Å². The van der Waals surface area contributed by atoms with E-state index in [9.17, 15) is 0 Å². The van der Waals surface area contributed by atoms with Gasteiger partial charge in [-0.25, -0.2) is 4.98 Å². The maximum Gasteiger partial charge on any atom is 0.230 e. The average molecular weight is 406 g/mol. The topological polar surface area (TPSA) is 90.3 Å². The van der Waals surface area contributed by atoms with Crippen LogP contribution in [0.2, 0.25) is 0 Å². The van der Waals surface area contributed by atoms with Gasteiger partial charge >= 0.3 is 0 Å². The number of imidazole rings is 1. The Morgan fingerprint density at radius 1 is 1.07 bits per heavy atom. The summed E-state index contributed by atoms with van der Waals surface area (Å²) >= 11 is 0. The number of hydrogen-bond donors (Lipinski definition) is 2. The first-order valence-electron chi connectivity index (χ1n) is 10.4. The zero-order valence-electron chi connectivity index (χ0n) is 17.6. The molecular formula is C21H27N9. The Labute approximate surface area is 175 Å². The molecule has 1 aliphatic rings. The predicted molar refractivity (Wildman–Crippen MR) is 118 cm³/mol. The van der Waals surface area contributed by atoms with Crippen molar-refractivity contribution in [2.45, 2.75) is 26.3 Å². The second-order valence-corrected chi connectivity index (χ2v) is 8.18. The summed E-state index contributed by atoms with van der Waals surface area (Å²) in [6, 6.07) is 8.04. The number of aromatic amines is 1. The normalized spacial score (nSPS) is 15.5. The molecule has 1 fully saturated rings. The summed E-state index contributed by atoms with van der Waals surface area (Å²) in [6.45, 7) is 8.70. The van der Waals surface area contributed by atoms with Crippen LogP contribution in [-0.4, -0.2) is 67.7 Å². The van der Waals surface area contributed by atoms with Crippen molar-refractivity contribution >= 4 is 28.6 Å².